The molecule has 0 aromatic heterocycles. The Hall–Kier alpha value is -2.45. The largest absolute Gasteiger partial charge is 0.465 e. The van der Waals surface area contributed by atoms with Gasteiger partial charge in [0, 0.05) is 24.3 Å². The molecular weight excluding hydrogens is 419 g/mol. The Morgan fingerprint density at radius 2 is 1.93 bits per heavy atom. The number of carbonyl (C=O) groups is 2. The third-order valence-electron chi connectivity index (χ3n) is 4.21. The summed E-state index contributed by atoms with van der Waals surface area (Å²) in [6.07, 6.45) is 0. The minimum absolute atomic E-state index is 0.142. The number of benzene rings is 2. The molecule has 8 heteroatoms. The van der Waals surface area contributed by atoms with E-state index >= 15 is 0 Å². The average Bonchev–Trinajstić information content (AvgIpc) is 2.70. The highest BCUT2D eigenvalue weighted by atomic mass is 79.9. The molecule has 0 unspecified atom stereocenters. The highest BCUT2D eigenvalue weighted by Gasteiger charge is 2.19. The van der Waals surface area contributed by atoms with Crippen LogP contribution < -0.4 is 10.2 Å². The van der Waals surface area contributed by atoms with Crippen molar-refractivity contribution in [3.05, 3.63) is 57.8 Å². The lowest BCUT2D eigenvalue weighted by molar-refractivity contribution is 0.0602. The van der Waals surface area contributed by atoms with Gasteiger partial charge in [-0.05, 0) is 52.3 Å². The van der Waals surface area contributed by atoms with Crippen LogP contribution in [0.15, 0.2) is 40.9 Å². The predicted octanol–water partition coefficient (Wildman–Crippen LogP) is 3.46. The van der Waals surface area contributed by atoms with E-state index in [2.05, 4.69) is 26.1 Å². The Balaban J connectivity index is 1.88. The number of esters is 1. The zero-order valence-electron chi connectivity index (χ0n) is 14.6. The van der Waals surface area contributed by atoms with Gasteiger partial charge in [0.15, 0.2) is 0 Å². The molecular formula is C19H18BrFN2O4. The zero-order chi connectivity index (χ0) is 19.4. The fraction of sp³-hybridized carbons (Fsp3) is 0.263. The lowest BCUT2D eigenvalue weighted by atomic mass is 10.1. The molecule has 3 rings (SSSR count). The van der Waals surface area contributed by atoms with Crippen LogP contribution in [0.4, 0.5) is 15.8 Å². The molecule has 6 nitrogen and oxygen atoms in total. The van der Waals surface area contributed by atoms with Gasteiger partial charge in [-0.2, -0.15) is 0 Å². The maximum Gasteiger partial charge on any atom is 0.340 e. The standard InChI is InChI=1S/C19H18BrFN2O4/c1-26-19(25)14-11-13(23-6-8-27-9-7-23)3-5-17(14)22-18(24)12-2-4-15(20)16(21)10-12/h2-5,10-11H,6-9H2,1H3,(H,22,24). The van der Waals surface area contributed by atoms with Crippen LogP contribution in [0, 0.1) is 5.82 Å². The average molecular weight is 437 g/mol. The number of ether oxygens (including phenoxy) is 2. The van der Waals surface area contributed by atoms with Crippen LogP contribution in [0.2, 0.25) is 0 Å². The van der Waals surface area contributed by atoms with Gasteiger partial charge in [-0.15, -0.1) is 0 Å². The lowest BCUT2D eigenvalue weighted by Gasteiger charge is -2.29. The number of nitrogens with zero attached hydrogens (tertiary/aromatic N) is 1. The Labute approximate surface area is 164 Å². The molecule has 142 valence electrons. The first kappa shape index (κ1) is 19.3. The summed E-state index contributed by atoms with van der Waals surface area (Å²) in [5, 5.41) is 2.65. The molecule has 1 aliphatic rings. The topological polar surface area (TPSA) is 67.9 Å². The van der Waals surface area contributed by atoms with Crippen molar-refractivity contribution >= 4 is 39.2 Å². The van der Waals surface area contributed by atoms with Crippen molar-refractivity contribution < 1.29 is 23.5 Å². The van der Waals surface area contributed by atoms with E-state index in [1.54, 1.807) is 12.1 Å². The fourth-order valence-corrected chi connectivity index (χ4v) is 3.02. The summed E-state index contributed by atoms with van der Waals surface area (Å²) in [4.78, 5) is 26.7. The third kappa shape index (κ3) is 4.45. The predicted molar refractivity (Wildman–Crippen MR) is 103 cm³/mol. The third-order valence-corrected chi connectivity index (χ3v) is 4.86. The Bertz CT molecular complexity index is 869. The highest BCUT2D eigenvalue weighted by molar-refractivity contribution is 9.10. The van der Waals surface area contributed by atoms with Gasteiger partial charge in [0.1, 0.15) is 5.82 Å². The van der Waals surface area contributed by atoms with Crippen LogP contribution in [-0.2, 0) is 9.47 Å². The van der Waals surface area contributed by atoms with Gasteiger partial charge >= 0.3 is 5.97 Å². The van der Waals surface area contributed by atoms with Crippen molar-refractivity contribution in [1.82, 2.24) is 0 Å². The van der Waals surface area contributed by atoms with Crippen molar-refractivity contribution in [3.63, 3.8) is 0 Å². The Morgan fingerprint density at radius 3 is 2.59 bits per heavy atom. The van der Waals surface area contributed by atoms with Crippen LogP contribution in [0.1, 0.15) is 20.7 Å². The molecule has 1 fully saturated rings. The molecule has 2 aromatic rings. The quantitative estimate of drug-likeness (QED) is 0.743. The molecule has 1 N–H and O–H groups in total. The lowest BCUT2D eigenvalue weighted by Crippen LogP contribution is -2.36. The summed E-state index contributed by atoms with van der Waals surface area (Å²) in [6, 6.07) is 9.20. The maximum atomic E-state index is 13.7. The van der Waals surface area contributed by atoms with E-state index in [1.807, 2.05) is 6.07 Å². The number of morpholine rings is 1. The summed E-state index contributed by atoms with van der Waals surface area (Å²) in [5.74, 6) is -1.63. The zero-order valence-corrected chi connectivity index (χ0v) is 16.2. The van der Waals surface area contributed by atoms with Crippen LogP contribution in [0.5, 0.6) is 0 Å². The Morgan fingerprint density at radius 1 is 1.19 bits per heavy atom. The van der Waals surface area contributed by atoms with Crippen molar-refractivity contribution in [2.75, 3.05) is 43.6 Å². The minimum Gasteiger partial charge on any atom is -0.465 e. The van der Waals surface area contributed by atoms with E-state index < -0.39 is 17.7 Å². The van der Waals surface area contributed by atoms with Gasteiger partial charge in [0.05, 0.1) is 36.0 Å². The molecule has 0 bridgehead atoms. The molecule has 1 saturated heterocycles. The first-order valence-electron chi connectivity index (χ1n) is 8.31. The van der Waals surface area contributed by atoms with Crippen LogP contribution in [0.25, 0.3) is 0 Å². The second kappa shape index (κ2) is 8.49. The van der Waals surface area contributed by atoms with Crippen molar-refractivity contribution in [2.45, 2.75) is 0 Å². The molecule has 0 spiro atoms. The van der Waals surface area contributed by atoms with E-state index in [-0.39, 0.29) is 15.6 Å². The van der Waals surface area contributed by atoms with Crippen molar-refractivity contribution in [2.24, 2.45) is 0 Å². The van der Waals surface area contributed by atoms with Crippen molar-refractivity contribution in [1.29, 1.82) is 0 Å². The molecule has 0 atom stereocenters. The number of amides is 1. The number of hydrogen-bond donors (Lipinski definition) is 1. The molecule has 27 heavy (non-hydrogen) atoms. The SMILES string of the molecule is COC(=O)c1cc(N2CCOCC2)ccc1NC(=O)c1ccc(Br)c(F)c1. The number of hydrogen-bond acceptors (Lipinski definition) is 5. The molecule has 0 saturated carbocycles. The molecule has 0 radical (unpaired) electrons. The monoisotopic (exact) mass is 436 g/mol. The summed E-state index contributed by atoms with van der Waals surface area (Å²) >= 11 is 3.05. The smallest absolute Gasteiger partial charge is 0.340 e. The molecule has 1 aliphatic heterocycles. The van der Waals surface area contributed by atoms with E-state index in [1.165, 1.54) is 19.2 Å². The van der Waals surface area contributed by atoms with Gasteiger partial charge in [0.2, 0.25) is 0 Å². The van der Waals surface area contributed by atoms with E-state index in [0.29, 0.717) is 32.0 Å². The van der Waals surface area contributed by atoms with Gasteiger partial charge in [-0.25, -0.2) is 9.18 Å². The van der Waals surface area contributed by atoms with E-state index in [9.17, 15) is 14.0 Å². The molecule has 1 heterocycles. The van der Waals surface area contributed by atoms with Gasteiger partial charge in [-0.1, -0.05) is 0 Å². The number of halogens is 2. The summed E-state index contributed by atoms with van der Waals surface area (Å²) in [6.45, 7) is 2.65. The van der Waals surface area contributed by atoms with Gasteiger partial charge < -0.3 is 19.7 Å². The van der Waals surface area contributed by atoms with Crippen LogP contribution in [0.3, 0.4) is 0 Å². The Kier molecular flexibility index (Phi) is 6.08. The van der Waals surface area contributed by atoms with Crippen molar-refractivity contribution in [3.8, 4) is 0 Å². The maximum absolute atomic E-state index is 13.7. The minimum atomic E-state index is -0.567. The molecule has 0 aliphatic carbocycles. The number of nitrogens with one attached hydrogen (secondary N) is 1. The normalized spacial score (nSPS) is 14.0. The number of anilines is 2. The van der Waals surface area contributed by atoms with Gasteiger partial charge in [0.25, 0.3) is 5.91 Å². The highest BCUT2D eigenvalue weighted by Crippen LogP contribution is 2.26. The summed E-state index contributed by atoms with van der Waals surface area (Å²) in [7, 11) is 1.28. The van der Waals surface area contributed by atoms with E-state index in [4.69, 9.17) is 9.47 Å². The van der Waals surface area contributed by atoms with Crippen LogP contribution in [-0.4, -0.2) is 45.3 Å². The summed E-state index contributed by atoms with van der Waals surface area (Å²) in [5.41, 5.74) is 1.51. The second-order valence-electron chi connectivity index (χ2n) is 5.90. The second-order valence-corrected chi connectivity index (χ2v) is 6.76. The molecule has 2 aromatic carbocycles. The van der Waals surface area contributed by atoms with E-state index in [0.717, 1.165) is 11.8 Å². The van der Waals surface area contributed by atoms with Gasteiger partial charge in [-0.3, -0.25) is 4.79 Å². The summed E-state index contributed by atoms with van der Waals surface area (Å²) < 4.78 is 24.1. The number of rotatable bonds is 4. The van der Waals surface area contributed by atoms with Crippen LogP contribution >= 0.6 is 15.9 Å². The first-order valence-corrected chi connectivity index (χ1v) is 9.10. The first-order chi connectivity index (χ1) is 13.0. The fourth-order valence-electron chi connectivity index (χ4n) is 2.77. The number of methoxy groups -OCH3 is 1. The number of carbonyl (C=O) groups excluding carboxylic acids is 2. The molecule has 1 amide bonds.